The SMILES string of the molecule is C/C=C/COc1c(C)c2c(c3c1CC1[C@H]4c5c(cc(C)c(OC)c5O)C[C@@H](C(C)N1[C@@]3(C)CNC(=O)C(C)C)N4C)OCO2. The van der Waals surface area contributed by atoms with E-state index in [4.69, 9.17) is 18.9 Å². The highest BCUT2D eigenvalue weighted by Gasteiger charge is 2.59. The molecule has 2 unspecified atom stereocenters. The number of nitrogens with zero attached hydrogens (tertiary/aromatic N) is 2. The standard InChI is InChI=1S/C35H47N3O6/c1-10-11-12-42-31-20(5)32-33(44-17-43-32)27-23(31)15-25-28-26-22(13-19(4)30(41-9)29(26)39)14-24(37(28)8)21(6)38(25)35(27,7)16-36-34(40)18(2)3/h10-11,13,18,21,24-25,28,39H,12,14-17H2,1-9H3,(H,36,40)/b11-10+/t21?,24-,25?,28-,35-/m0/s1. The zero-order valence-electron chi connectivity index (χ0n) is 27.5. The second kappa shape index (κ2) is 11.2. The highest BCUT2D eigenvalue weighted by molar-refractivity contribution is 5.78. The number of phenols is 1. The van der Waals surface area contributed by atoms with E-state index in [1.54, 1.807) is 7.11 Å². The Balaban J connectivity index is 1.61. The third-order valence-corrected chi connectivity index (χ3v) is 10.5. The Kier molecular flexibility index (Phi) is 7.77. The van der Waals surface area contributed by atoms with Gasteiger partial charge in [0.15, 0.2) is 23.0 Å². The third kappa shape index (κ3) is 4.37. The second-order valence-electron chi connectivity index (χ2n) is 13.3. The van der Waals surface area contributed by atoms with Gasteiger partial charge in [0, 0.05) is 52.8 Å². The number of allylic oxidation sites excluding steroid dienone is 1. The number of fused-ring (bicyclic) bond motifs is 9. The summed E-state index contributed by atoms with van der Waals surface area (Å²) in [4.78, 5) is 18.1. The molecule has 44 heavy (non-hydrogen) atoms. The fourth-order valence-corrected chi connectivity index (χ4v) is 8.53. The highest BCUT2D eigenvalue weighted by Crippen LogP contribution is 2.59. The van der Waals surface area contributed by atoms with Gasteiger partial charge in [0.05, 0.1) is 18.7 Å². The highest BCUT2D eigenvalue weighted by atomic mass is 16.7. The first-order valence-corrected chi connectivity index (χ1v) is 15.8. The Bertz CT molecular complexity index is 1520. The van der Waals surface area contributed by atoms with E-state index < -0.39 is 5.54 Å². The van der Waals surface area contributed by atoms with E-state index in [0.717, 1.165) is 45.7 Å². The summed E-state index contributed by atoms with van der Waals surface area (Å²) in [5.41, 5.74) is 5.39. The number of benzene rings is 2. The molecule has 2 bridgehead atoms. The van der Waals surface area contributed by atoms with Crippen molar-refractivity contribution in [2.75, 3.05) is 34.1 Å². The molecule has 5 atom stereocenters. The monoisotopic (exact) mass is 605 g/mol. The largest absolute Gasteiger partial charge is 0.504 e. The number of hydrogen-bond acceptors (Lipinski definition) is 8. The molecule has 6 rings (SSSR count). The Hall–Kier alpha value is -3.43. The van der Waals surface area contributed by atoms with Crippen molar-refractivity contribution in [3.05, 3.63) is 51.6 Å². The van der Waals surface area contributed by atoms with Crippen LogP contribution in [0.2, 0.25) is 0 Å². The summed E-state index contributed by atoms with van der Waals surface area (Å²) in [7, 11) is 3.80. The van der Waals surface area contributed by atoms with E-state index in [1.165, 1.54) is 5.56 Å². The van der Waals surface area contributed by atoms with E-state index in [0.29, 0.717) is 31.1 Å². The van der Waals surface area contributed by atoms with Crippen LogP contribution in [0.25, 0.3) is 0 Å². The van der Waals surface area contributed by atoms with Crippen molar-refractivity contribution >= 4 is 5.91 Å². The zero-order chi connectivity index (χ0) is 31.7. The van der Waals surface area contributed by atoms with E-state index in [9.17, 15) is 9.90 Å². The van der Waals surface area contributed by atoms with Crippen molar-refractivity contribution in [1.29, 1.82) is 0 Å². The van der Waals surface area contributed by atoms with Gasteiger partial charge in [-0.1, -0.05) is 32.1 Å². The second-order valence-corrected chi connectivity index (χ2v) is 13.3. The zero-order valence-corrected chi connectivity index (χ0v) is 27.5. The van der Waals surface area contributed by atoms with E-state index in [1.807, 2.05) is 46.8 Å². The molecule has 1 amide bonds. The van der Waals surface area contributed by atoms with Crippen LogP contribution >= 0.6 is 0 Å². The van der Waals surface area contributed by atoms with Crippen molar-refractivity contribution in [3.8, 4) is 28.7 Å². The minimum Gasteiger partial charge on any atom is -0.504 e. The van der Waals surface area contributed by atoms with Gasteiger partial charge < -0.3 is 29.4 Å². The molecule has 0 spiro atoms. The molecule has 0 aromatic heterocycles. The molecular weight excluding hydrogens is 558 g/mol. The van der Waals surface area contributed by atoms with Crippen molar-refractivity contribution in [2.45, 2.75) is 91.0 Å². The number of carbonyl (C=O) groups excluding carboxylic acids is 1. The number of piperazine rings is 1. The van der Waals surface area contributed by atoms with Gasteiger partial charge >= 0.3 is 0 Å². The summed E-state index contributed by atoms with van der Waals surface area (Å²) in [5.74, 6) is 2.87. The summed E-state index contributed by atoms with van der Waals surface area (Å²) in [6.45, 7) is 15.3. The van der Waals surface area contributed by atoms with Gasteiger partial charge in [-0.2, -0.15) is 0 Å². The van der Waals surface area contributed by atoms with Crippen LogP contribution in [0.15, 0.2) is 18.2 Å². The van der Waals surface area contributed by atoms with Gasteiger partial charge in [-0.15, -0.1) is 0 Å². The van der Waals surface area contributed by atoms with Crippen LogP contribution in [0.4, 0.5) is 0 Å². The number of aryl methyl sites for hydroxylation is 1. The normalized spacial score (nSPS) is 27.2. The predicted molar refractivity (Wildman–Crippen MR) is 169 cm³/mol. The third-order valence-electron chi connectivity index (χ3n) is 10.5. The molecule has 2 N–H and O–H groups in total. The summed E-state index contributed by atoms with van der Waals surface area (Å²) < 4.78 is 24.6. The fraction of sp³-hybridized carbons (Fsp3) is 0.571. The van der Waals surface area contributed by atoms with Crippen molar-refractivity contribution in [2.24, 2.45) is 5.92 Å². The molecule has 2 aromatic carbocycles. The van der Waals surface area contributed by atoms with Gasteiger partial charge in [-0.05, 0) is 65.6 Å². The summed E-state index contributed by atoms with van der Waals surface area (Å²) >= 11 is 0. The van der Waals surface area contributed by atoms with Crippen LogP contribution < -0.4 is 24.3 Å². The first-order chi connectivity index (χ1) is 21.0. The van der Waals surface area contributed by atoms with Crippen LogP contribution in [-0.2, 0) is 23.2 Å². The van der Waals surface area contributed by atoms with E-state index in [-0.39, 0.29) is 48.5 Å². The molecule has 1 fully saturated rings. The number of phenolic OH excluding ortho intramolecular Hbond substituents is 1. The minimum atomic E-state index is -0.661. The lowest BCUT2D eigenvalue weighted by Crippen LogP contribution is -2.73. The lowest BCUT2D eigenvalue weighted by atomic mass is 9.68. The van der Waals surface area contributed by atoms with Gasteiger partial charge in [-0.25, -0.2) is 0 Å². The lowest BCUT2D eigenvalue weighted by molar-refractivity contribution is -0.130. The molecule has 4 aliphatic heterocycles. The quantitative estimate of drug-likeness (QED) is 0.430. The molecular formula is C35H47N3O6. The minimum absolute atomic E-state index is 0.00515. The van der Waals surface area contributed by atoms with Crippen LogP contribution in [0, 0.1) is 19.8 Å². The van der Waals surface area contributed by atoms with E-state index in [2.05, 4.69) is 42.1 Å². The molecule has 1 saturated heterocycles. The van der Waals surface area contributed by atoms with Crippen LogP contribution in [0.5, 0.6) is 28.7 Å². The average molecular weight is 606 g/mol. The van der Waals surface area contributed by atoms with Crippen LogP contribution in [0.3, 0.4) is 0 Å². The first kappa shape index (κ1) is 30.6. The summed E-state index contributed by atoms with van der Waals surface area (Å²) in [5, 5.41) is 15.0. The summed E-state index contributed by atoms with van der Waals surface area (Å²) in [6, 6.07) is 2.35. The Morgan fingerprint density at radius 3 is 2.61 bits per heavy atom. The van der Waals surface area contributed by atoms with Crippen LogP contribution in [0.1, 0.15) is 74.0 Å². The maximum atomic E-state index is 13.1. The number of hydrogen-bond donors (Lipinski definition) is 2. The number of amides is 1. The Morgan fingerprint density at radius 2 is 1.93 bits per heavy atom. The molecule has 238 valence electrons. The maximum Gasteiger partial charge on any atom is 0.231 e. The molecule has 2 aromatic rings. The first-order valence-electron chi connectivity index (χ1n) is 15.8. The number of rotatable bonds is 7. The van der Waals surface area contributed by atoms with Crippen LogP contribution in [-0.4, -0.2) is 73.0 Å². The fourth-order valence-electron chi connectivity index (χ4n) is 8.53. The molecule has 4 aliphatic rings. The lowest BCUT2D eigenvalue weighted by Gasteiger charge is -2.64. The summed E-state index contributed by atoms with van der Waals surface area (Å²) in [6.07, 6.45) is 5.46. The number of likely N-dealkylation sites (N-methyl/N-ethyl adjacent to an activating group) is 1. The van der Waals surface area contributed by atoms with Crippen molar-refractivity contribution in [3.63, 3.8) is 0 Å². The topological polar surface area (TPSA) is 92.7 Å². The molecule has 0 saturated carbocycles. The molecule has 9 heteroatoms. The predicted octanol–water partition coefficient (Wildman–Crippen LogP) is 4.92. The number of ether oxygens (including phenoxy) is 4. The van der Waals surface area contributed by atoms with Gasteiger partial charge in [0.25, 0.3) is 0 Å². The Labute approximate surface area is 261 Å². The van der Waals surface area contributed by atoms with E-state index >= 15 is 0 Å². The van der Waals surface area contributed by atoms with Crippen molar-refractivity contribution < 1.29 is 28.8 Å². The average Bonchev–Trinajstić information content (AvgIpc) is 3.46. The Morgan fingerprint density at radius 1 is 1.20 bits per heavy atom. The molecule has 9 nitrogen and oxygen atoms in total. The molecule has 0 aliphatic carbocycles. The smallest absolute Gasteiger partial charge is 0.231 e. The van der Waals surface area contributed by atoms with Gasteiger partial charge in [0.1, 0.15) is 12.4 Å². The molecule has 4 heterocycles. The number of carbonyl (C=O) groups is 1. The number of nitrogens with one attached hydrogen (secondary N) is 1. The maximum absolute atomic E-state index is 13.1. The number of methoxy groups -OCH3 is 1. The van der Waals surface area contributed by atoms with Gasteiger partial charge in [-0.3, -0.25) is 14.6 Å². The molecule has 0 radical (unpaired) electrons. The number of aromatic hydroxyl groups is 1. The van der Waals surface area contributed by atoms with Crippen molar-refractivity contribution in [1.82, 2.24) is 15.1 Å². The van der Waals surface area contributed by atoms with Gasteiger partial charge in [0.2, 0.25) is 12.7 Å².